The lowest BCUT2D eigenvalue weighted by Crippen LogP contribution is -2.50. The maximum absolute atomic E-state index is 12.8. The van der Waals surface area contributed by atoms with Crippen molar-refractivity contribution in [3.05, 3.63) is 41.9 Å². The summed E-state index contributed by atoms with van der Waals surface area (Å²) in [5, 5.41) is 3.01. The number of para-hydroxylation sites is 2. The molecule has 0 bridgehead atoms. The molecule has 2 heterocycles. The van der Waals surface area contributed by atoms with Gasteiger partial charge in [-0.05, 0) is 25.0 Å². The number of nitrogens with one attached hydrogen (secondary N) is 1. The lowest BCUT2D eigenvalue weighted by atomic mass is 10.2. The fourth-order valence-electron chi connectivity index (χ4n) is 3.28. The first-order chi connectivity index (χ1) is 14.3. The molecule has 1 aliphatic heterocycles. The number of carbonyl (C=O) groups is 1. The SMILES string of the molecule is Cc1cc(N2CCN(C(=O)Nc3ccccc3OCC(C)C)CC2)nc(C(C)C)n1. The van der Waals surface area contributed by atoms with Crippen LogP contribution in [0.4, 0.5) is 16.3 Å². The lowest BCUT2D eigenvalue weighted by molar-refractivity contribution is 0.207. The third-order valence-corrected chi connectivity index (χ3v) is 4.97. The Hall–Kier alpha value is -2.83. The van der Waals surface area contributed by atoms with E-state index in [1.54, 1.807) is 0 Å². The van der Waals surface area contributed by atoms with Gasteiger partial charge in [-0.2, -0.15) is 0 Å². The number of urea groups is 1. The normalized spacial score (nSPS) is 14.4. The van der Waals surface area contributed by atoms with Crippen LogP contribution >= 0.6 is 0 Å². The van der Waals surface area contributed by atoms with Gasteiger partial charge in [-0.15, -0.1) is 0 Å². The molecule has 2 aromatic rings. The second kappa shape index (κ2) is 9.78. The summed E-state index contributed by atoms with van der Waals surface area (Å²) in [6.45, 7) is 13.8. The van der Waals surface area contributed by atoms with Crippen molar-refractivity contribution in [3.63, 3.8) is 0 Å². The van der Waals surface area contributed by atoms with Crippen LogP contribution in [0.15, 0.2) is 30.3 Å². The van der Waals surface area contributed by atoms with Crippen LogP contribution in [0.25, 0.3) is 0 Å². The number of aryl methyl sites for hydroxylation is 1. The summed E-state index contributed by atoms with van der Waals surface area (Å²) in [6.07, 6.45) is 0. The van der Waals surface area contributed by atoms with Gasteiger partial charge < -0.3 is 19.9 Å². The molecule has 0 aliphatic carbocycles. The number of anilines is 2. The molecule has 1 fully saturated rings. The predicted octanol–water partition coefficient (Wildman–Crippen LogP) is 4.30. The molecule has 0 saturated carbocycles. The number of aromatic nitrogens is 2. The smallest absolute Gasteiger partial charge is 0.322 e. The summed E-state index contributed by atoms with van der Waals surface area (Å²) in [6, 6.07) is 9.50. The number of hydrogen-bond acceptors (Lipinski definition) is 5. The Morgan fingerprint density at radius 3 is 2.47 bits per heavy atom. The van der Waals surface area contributed by atoms with Crippen molar-refractivity contribution in [1.82, 2.24) is 14.9 Å². The molecular weight excluding hydrogens is 378 g/mol. The number of ether oxygens (including phenoxy) is 1. The van der Waals surface area contributed by atoms with Crippen LogP contribution in [0.2, 0.25) is 0 Å². The number of rotatable bonds is 6. The van der Waals surface area contributed by atoms with Crippen molar-refractivity contribution in [2.75, 3.05) is 43.0 Å². The Morgan fingerprint density at radius 2 is 1.80 bits per heavy atom. The van der Waals surface area contributed by atoms with Crippen molar-refractivity contribution < 1.29 is 9.53 Å². The van der Waals surface area contributed by atoms with E-state index in [0.717, 1.165) is 30.4 Å². The zero-order valence-corrected chi connectivity index (χ0v) is 18.7. The second-order valence-corrected chi connectivity index (χ2v) is 8.49. The summed E-state index contributed by atoms with van der Waals surface area (Å²) in [4.78, 5) is 26.1. The molecule has 0 atom stereocenters. The van der Waals surface area contributed by atoms with Crippen molar-refractivity contribution in [2.24, 2.45) is 5.92 Å². The van der Waals surface area contributed by atoms with Gasteiger partial charge in [-0.3, -0.25) is 0 Å². The quantitative estimate of drug-likeness (QED) is 0.767. The van der Waals surface area contributed by atoms with Crippen LogP contribution in [-0.2, 0) is 0 Å². The third-order valence-electron chi connectivity index (χ3n) is 4.97. The van der Waals surface area contributed by atoms with E-state index in [1.165, 1.54) is 0 Å². The molecule has 30 heavy (non-hydrogen) atoms. The van der Waals surface area contributed by atoms with Crippen LogP contribution < -0.4 is 15.0 Å². The first kappa shape index (κ1) is 21.9. The molecule has 1 aliphatic rings. The van der Waals surface area contributed by atoms with E-state index in [2.05, 4.69) is 42.9 Å². The van der Waals surface area contributed by atoms with E-state index >= 15 is 0 Å². The van der Waals surface area contributed by atoms with Crippen LogP contribution in [0, 0.1) is 12.8 Å². The van der Waals surface area contributed by atoms with Crippen molar-refractivity contribution >= 4 is 17.5 Å². The minimum absolute atomic E-state index is 0.100. The van der Waals surface area contributed by atoms with E-state index in [-0.39, 0.29) is 11.9 Å². The summed E-state index contributed by atoms with van der Waals surface area (Å²) in [5.41, 5.74) is 1.68. The minimum atomic E-state index is -0.100. The molecule has 1 aromatic heterocycles. The molecule has 162 valence electrons. The minimum Gasteiger partial charge on any atom is -0.491 e. The highest BCUT2D eigenvalue weighted by molar-refractivity contribution is 5.91. The molecular formula is C23H33N5O2. The maximum Gasteiger partial charge on any atom is 0.322 e. The van der Waals surface area contributed by atoms with Gasteiger partial charge in [-0.1, -0.05) is 39.8 Å². The first-order valence-corrected chi connectivity index (χ1v) is 10.7. The fourth-order valence-corrected chi connectivity index (χ4v) is 3.28. The van der Waals surface area contributed by atoms with Crippen LogP contribution in [-0.4, -0.2) is 53.7 Å². The molecule has 2 amide bonds. The Kier molecular flexibility index (Phi) is 7.13. The highest BCUT2D eigenvalue weighted by Gasteiger charge is 2.23. The Bertz CT molecular complexity index is 860. The van der Waals surface area contributed by atoms with Gasteiger partial charge in [-0.25, -0.2) is 14.8 Å². The second-order valence-electron chi connectivity index (χ2n) is 8.49. The van der Waals surface area contributed by atoms with Gasteiger partial charge in [0.15, 0.2) is 0 Å². The topological polar surface area (TPSA) is 70.6 Å². The highest BCUT2D eigenvalue weighted by atomic mass is 16.5. The number of benzene rings is 1. The fraction of sp³-hybridized carbons (Fsp3) is 0.522. The lowest BCUT2D eigenvalue weighted by Gasteiger charge is -2.35. The first-order valence-electron chi connectivity index (χ1n) is 10.7. The molecule has 0 unspecified atom stereocenters. The van der Waals surface area contributed by atoms with Gasteiger partial charge in [0.2, 0.25) is 0 Å². The Labute approximate surface area is 179 Å². The average molecular weight is 412 g/mol. The van der Waals surface area contributed by atoms with Crippen LogP contribution in [0.5, 0.6) is 5.75 Å². The Morgan fingerprint density at radius 1 is 1.10 bits per heavy atom. The summed E-state index contributed by atoms with van der Waals surface area (Å²) in [7, 11) is 0. The van der Waals surface area contributed by atoms with Gasteiger partial charge >= 0.3 is 6.03 Å². The summed E-state index contributed by atoms with van der Waals surface area (Å²) >= 11 is 0. The van der Waals surface area contributed by atoms with Crippen LogP contribution in [0.3, 0.4) is 0 Å². The number of nitrogens with zero attached hydrogens (tertiary/aromatic N) is 4. The van der Waals surface area contributed by atoms with E-state index < -0.39 is 0 Å². The number of hydrogen-bond donors (Lipinski definition) is 1. The molecule has 1 saturated heterocycles. The zero-order chi connectivity index (χ0) is 21.7. The van der Waals surface area contributed by atoms with E-state index in [9.17, 15) is 4.79 Å². The largest absolute Gasteiger partial charge is 0.491 e. The molecule has 1 aromatic carbocycles. The molecule has 3 rings (SSSR count). The monoisotopic (exact) mass is 411 g/mol. The molecule has 0 spiro atoms. The summed E-state index contributed by atoms with van der Waals surface area (Å²) < 4.78 is 5.85. The van der Waals surface area contributed by atoms with Gasteiger partial charge in [0, 0.05) is 43.9 Å². The predicted molar refractivity (Wildman–Crippen MR) is 120 cm³/mol. The van der Waals surface area contributed by atoms with E-state index in [1.807, 2.05) is 42.2 Å². The van der Waals surface area contributed by atoms with Crippen LogP contribution in [0.1, 0.15) is 45.1 Å². The van der Waals surface area contributed by atoms with Gasteiger partial charge in [0.25, 0.3) is 0 Å². The number of piperazine rings is 1. The Balaban J connectivity index is 1.60. The molecule has 1 N–H and O–H groups in total. The molecule has 7 heteroatoms. The van der Waals surface area contributed by atoms with Gasteiger partial charge in [0.1, 0.15) is 17.4 Å². The highest BCUT2D eigenvalue weighted by Crippen LogP contribution is 2.25. The number of amides is 2. The van der Waals surface area contributed by atoms with Crippen molar-refractivity contribution in [1.29, 1.82) is 0 Å². The van der Waals surface area contributed by atoms with E-state index in [0.29, 0.717) is 37.1 Å². The number of carbonyl (C=O) groups excluding carboxylic acids is 1. The van der Waals surface area contributed by atoms with Crippen molar-refractivity contribution in [3.8, 4) is 5.75 Å². The third kappa shape index (κ3) is 5.62. The standard InChI is InChI=1S/C23H33N5O2/c1-16(2)15-30-20-9-7-6-8-19(20)25-23(29)28-12-10-27(11-13-28)21-14-18(5)24-22(26-21)17(3)4/h6-9,14,16-17H,10-13,15H2,1-5H3,(H,25,29). The van der Waals surface area contributed by atoms with Gasteiger partial charge in [0.05, 0.1) is 12.3 Å². The summed E-state index contributed by atoms with van der Waals surface area (Å²) in [5.74, 6) is 3.22. The molecule has 0 radical (unpaired) electrons. The van der Waals surface area contributed by atoms with E-state index in [4.69, 9.17) is 9.72 Å². The van der Waals surface area contributed by atoms with Crippen molar-refractivity contribution in [2.45, 2.75) is 40.5 Å². The molecule has 7 nitrogen and oxygen atoms in total. The zero-order valence-electron chi connectivity index (χ0n) is 18.7. The maximum atomic E-state index is 12.8. The average Bonchev–Trinajstić information content (AvgIpc) is 2.72.